The van der Waals surface area contributed by atoms with Crippen LogP contribution in [-0.4, -0.2) is 54.1 Å². The molecule has 0 saturated carbocycles. The molecule has 12 heteroatoms. The summed E-state index contributed by atoms with van der Waals surface area (Å²) in [5, 5.41) is 15.5. The number of amides is 2. The molecule has 0 bridgehead atoms. The van der Waals surface area contributed by atoms with Crippen LogP contribution in [0.5, 0.6) is 0 Å². The minimum atomic E-state index is -4.23. The number of carbonyl (C=O) groups excluding carboxylic acids is 1. The third-order valence-electron chi connectivity index (χ3n) is 7.24. The molecule has 1 atom stereocenters. The number of nitrogens with one attached hydrogen (secondary N) is 4. The number of rotatable bonds is 10. The smallest absolute Gasteiger partial charge is 0.322 e. The highest BCUT2D eigenvalue weighted by Crippen LogP contribution is 2.29. The SMILES string of the molecule is C=C(CNC(=O)NC(C)C)c1ccc2nc(C[C@H](NS(=O)(=O)c3c(C)c(C)c(C)c(C)c3C)C(=O)O)[nH]c(=O)c2c1. The van der Waals surface area contributed by atoms with E-state index in [9.17, 15) is 27.9 Å². The molecule has 3 aromatic rings. The molecule has 0 aliphatic rings. The number of benzene rings is 2. The van der Waals surface area contributed by atoms with Gasteiger partial charge in [0.2, 0.25) is 10.0 Å². The van der Waals surface area contributed by atoms with Crippen LogP contribution in [0.2, 0.25) is 0 Å². The number of carboxylic acid groups (broad SMARTS) is 1. The van der Waals surface area contributed by atoms with Crippen LogP contribution in [0.25, 0.3) is 16.5 Å². The number of aromatic amines is 1. The minimum Gasteiger partial charge on any atom is -0.480 e. The fraction of sp³-hybridized carbons (Fsp3) is 0.379. The maximum Gasteiger partial charge on any atom is 0.322 e. The third kappa shape index (κ3) is 7.01. The zero-order valence-corrected chi connectivity index (χ0v) is 25.2. The van der Waals surface area contributed by atoms with Gasteiger partial charge in [0, 0.05) is 19.0 Å². The van der Waals surface area contributed by atoms with E-state index in [1.54, 1.807) is 32.0 Å². The van der Waals surface area contributed by atoms with Gasteiger partial charge in [-0.2, -0.15) is 4.72 Å². The lowest BCUT2D eigenvalue weighted by molar-refractivity contribution is -0.139. The fourth-order valence-electron chi connectivity index (χ4n) is 4.59. The van der Waals surface area contributed by atoms with Crippen molar-refractivity contribution in [2.75, 3.05) is 6.54 Å². The molecule has 0 aliphatic heterocycles. The number of fused-ring (bicyclic) bond motifs is 1. The average molecular weight is 584 g/mol. The Hall–Kier alpha value is -4.03. The highest BCUT2D eigenvalue weighted by atomic mass is 32.2. The summed E-state index contributed by atoms with van der Waals surface area (Å²) < 4.78 is 29.1. The number of urea groups is 1. The number of carboxylic acids is 1. The zero-order chi connectivity index (χ0) is 30.8. The second-order valence-electron chi connectivity index (χ2n) is 10.5. The topological polar surface area (TPSA) is 170 Å². The van der Waals surface area contributed by atoms with Crippen molar-refractivity contribution in [3.8, 4) is 0 Å². The standard InChI is InChI=1S/C29H37N5O6S/c1-14(2)31-29(38)30-13-15(3)21-9-10-23-22(11-21)27(35)33-25(32-23)12-24(28(36)37)34-41(39,40)26-19(7)17(5)16(4)18(6)20(26)8/h9-11,14,24,34H,3,12-13H2,1-2,4-8H3,(H,36,37)(H2,30,31,38)(H,32,33,35)/t24-/m0/s1. The van der Waals surface area contributed by atoms with E-state index in [0.29, 0.717) is 27.8 Å². The zero-order valence-electron chi connectivity index (χ0n) is 24.4. The summed E-state index contributed by atoms with van der Waals surface area (Å²) in [6, 6.07) is 2.92. The lowest BCUT2D eigenvalue weighted by Gasteiger charge is -2.21. The van der Waals surface area contributed by atoms with Gasteiger partial charge < -0.3 is 20.7 Å². The number of sulfonamides is 1. The van der Waals surface area contributed by atoms with Crippen LogP contribution in [0.4, 0.5) is 4.79 Å². The van der Waals surface area contributed by atoms with Crippen LogP contribution in [0, 0.1) is 34.6 Å². The number of aromatic nitrogens is 2. The van der Waals surface area contributed by atoms with Crippen molar-refractivity contribution in [2.45, 2.75) is 71.9 Å². The van der Waals surface area contributed by atoms with E-state index in [1.165, 1.54) is 0 Å². The number of hydrogen-bond donors (Lipinski definition) is 5. The van der Waals surface area contributed by atoms with Crippen LogP contribution < -0.4 is 20.9 Å². The van der Waals surface area contributed by atoms with Crippen molar-refractivity contribution in [1.82, 2.24) is 25.3 Å². The number of aliphatic carboxylic acids is 1. The van der Waals surface area contributed by atoms with E-state index < -0.39 is 27.6 Å². The number of carbonyl (C=O) groups is 2. The van der Waals surface area contributed by atoms with Crippen molar-refractivity contribution in [3.63, 3.8) is 0 Å². The Morgan fingerprint density at radius 3 is 2.17 bits per heavy atom. The summed E-state index contributed by atoms with van der Waals surface area (Å²) in [5.74, 6) is -1.39. The first-order valence-electron chi connectivity index (χ1n) is 13.1. The monoisotopic (exact) mass is 583 g/mol. The predicted octanol–water partition coefficient (Wildman–Crippen LogP) is 3.16. The predicted molar refractivity (Wildman–Crippen MR) is 159 cm³/mol. The molecule has 0 fully saturated rings. The molecule has 220 valence electrons. The molecule has 1 heterocycles. The van der Waals surface area contributed by atoms with Gasteiger partial charge in [0.15, 0.2) is 0 Å². The van der Waals surface area contributed by atoms with Crippen molar-refractivity contribution >= 4 is 38.5 Å². The molecule has 1 aromatic heterocycles. The summed E-state index contributed by atoms with van der Waals surface area (Å²) in [7, 11) is -4.23. The van der Waals surface area contributed by atoms with Crippen LogP contribution >= 0.6 is 0 Å². The molecule has 5 N–H and O–H groups in total. The Morgan fingerprint density at radius 2 is 1.61 bits per heavy atom. The lowest BCUT2D eigenvalue weighted by Crippen LogP contribution is -2.43. The van der Waals surface area contributed by atoms with Gasteiger partial charge in [0.1, 0.15) is 11.9 Å². The Kier molecular flexibility index (Phi) is 9.40. The second-order valence-corrected chi connectivity index (χ2v) is 12.2. The van der Waals surface area contributed by atoms with Crippen LogP contribution in [-0.2, 0) is 21.2 Å². The van der Waals surface area contributed by atoms with Crippen LogP contribution in [0.3, 0.4) is 0 Å². The largest absolute Gasteiger partial charge is 0.480 e. The van der Waals surface area contributed by atoms with Crippen molar-refractivity contribution < 1.29 is 23.1 Å². The molecule has 0 spiro atoms. The third-order valence-corrected chi connectivity index (χ3v) is 8.98. The Balaban J connectivity index is 1.87. The maximum atomic E-state index is 13.4. The van der Waals surface area contributed by atoms with Crippen molar-refractivity contribution in [2.24, 2.45) is 0 Å². The lowest BCUT2D eigenvalue weighted by atomic mass is 9.95. The molecule has 41 heavy (non-hydrogen) atoms. The Bertz CT molecular complexity index is 1680. The van der Waals surface area contributed by atoms with Gasteiger partial charge in [0.25, 0.3) is 5.56 Å². The Labute approximate surface area is 239 Å². The normalized spacial score (nSPS) is 12.4. The van der Waals surface area contributed by atoms with E-state index in [4.69, 9.17) is 0 Å². The average Bonchev–Trinajstić information content (AvgIpc) is 2.88. The summed E-state index contributed by atoms with van der Waals surface area (Å²) in [4.78, 5) is 43.9. The van der Waals surface area contributed by atoms with E-state index in [2.05, 4.69) is 31.9 Å². The highest BCUT2D eigenvalue weighted by molar-refractivity contribution is 7.89. The second kappa shape index (κ2) is 12.2. The van der Waals surface area contributed by atoms with Gasteiger partial charge >= 0.3 is 12.0 Å². The van der Waals surface area contributed by atoms with Crippen molar-refractivity contribution in [1.29, 1.82) is 0 Å². The number of hydrogen-bond acceptors (Lipinski definition) is 6. The Morgan fingerprint density at radius 1 is 1.02 bits per heavy atom. The van der Waals surface area contributed by atoms with E-state index in [0.717, 1.165) is 16.7 Å². The molecule has 0 unspecified atom stereocenters. The van der Waals surface area contributed by atoms with E-state index >= 15 is 0 Å². The van der Waals surface area contributed by atoms with E-state index in [1.807, 2.05) is 34.6 Å². The molecular formula is C29H37N5O6S. The van der Waals surface area contributed by atoms with Gasteiger partial charge in [-0.15, -0.1) is 0 Å². The fourth-order valence-corrected chi connectivity index (χ4v) is 6.38. The summed E-state index contributed by atoms with van der Waals surface area (Å²) in [6.45, 7) is 16.8. The number of nitrogens with zero attached hydrogens (tertiary/aromatic N) is 1. The molecule has 2 amide bonds. The van der Waals surface area contributed by atoms with Gasteiger partial charge in [-0.05, 0) is 99.6 Å². The highest BCUT2D eigenvalue weighted by Gasteiger charge is 2.30. The van der Waals surface area contributed by atoms with Crippen LogP contribution in [0.1, 0.15) is 53.1 Å². The maximum absolute atomic E-state index is 13.4. The summed E-state index contributed by atoms with van der Waals surface area (Å²) >= 11 is 0. The van der Waals surface area contributed by atoms with Gasteiger partial charge in [-0.1, -0.05) is 12.6 Å². The summed E-state index contributed by atoms with van der Waals surface area (Å²) in [5.41, 5.74) is 4.68. The molecule has 0 radical (unpaired) electrons. The molecule has 11 nitrogen and oxygen atoms in total. The molecule has 0 aliphatic carbocycles. The molecular weight excluding hydrogens is 546 g/mol. The molecule has 3 rings (SSSR count). The molecule has 0 saturated heterocycles. The van der Waals surface area contributed by atoms with Crippen LogP contribution in [0.15, 0.2) is 34.5 Å². The number of H-pyrrole nitrogens is 1. The minimum absolute atomic E-state index is 0.0147. The van der Waals surface area contributed by atoms with E-state index in [-0.39, 0.29) is 41.1 Å². The van der Waals surface area contributed by atoms with Gasteiger partial charge in [0.05, 0.1) is 15.8 Å². The summed E-state index contributed by atoms with van der Waals surface area (Å²) in [6.07, 6.45) is -0.384. The van der Waals surface area contributed by atoms with Crippen molar-refractivity contribution in [3.05, 3.63) is 74.3 Å². The molecule has 2 aromatic carbocycles. The quantitative estimate of drug-likeness (QED) is 0.244. The van der Waals surface area contributed by atoms with Gasteiger partial charge in [-0.3, -0.25) is 9.59 Å². The van der Waals surface area contributed by atoms with Gasteiger partial charge in [-0.25, -0.2) is 18.2 Å². The first kappa shape index (κ1) is 31.5. The first-order chi connectivity index (χ1) is 19.0. The first-order valence-corrected chi connectivity index (χ1v) is 14.6.